The minimum atomic E-state index is 0.545. The second-order valence-electron chi connectivity index (χ2n) is 5.60. The number of nitrogens with one attached hydrogen (secondary N) is 1. The van der Waals surface area contributed by atoms with Crippen molar-refractivity contribution in [2.45, 2.75) is 39.2 Å². The van der Waals surface area contributed by atoms with Gasteiger partial charge in [0.1, 0.15) is 0 Å². The summed E-state index contributed by atoms with van der Waals surface area (Å²) in [4.78, 5) is 4.31. The van der Waals surface area contributed by atoms with Crippen LogP contribution >= 0.6 is 0 Å². The Labute approximate surface area is 104 Å². The zero-order valence-corrected chi connectivity index (χ0v) is 10.8. The van der Waals surface area contributed by atoms with Gasteiger partial charge in [-0.25, -0.2) is 0 Å². The third-order valence-electron chi connectivity index (χ3n) is 4.70. The largest absolute Gasteiger partial charge is 0.310 e. The summed E-state index contributed by atoms with van der Waals surface area (Å²) in [5.41, 5.74) is 2.81. The van der Waals surface area contributed by atoms with Crippen molar-refractivity contribution in [3.05, 3.63) is 29.6 Å². The average molecular weight is 230 g/mol. The van der Waals surface area contributed by atoms with Gasteiger partial charge in [0, 0.05) is 18.4 Å². The fraction of sp³-hybridized carbons (Fsp3) is 0.667. The SMILES string of the molecule is CCNC(c1cnccc1C)C1C2CCCC21. The fourth-order valence-electron chi connectivity index (χ4n) is 3.85. The topological polar surface area (TPSA) is 24.9 Å². The van der Waals surface area contributed by atoms with Gasteiger partial charge in [-0.05, 0) is 61.3 Å². The van der Waals surface area contributed by atoms with E-state index in [1.807, 2.05) is 6.20 Å². The quantitative estimate of drug-likeness (QED) is 0.859. The number of aryl methyl sites for hydroxylation is 1. The van der Waals surface area contributed by atoms with Crippen LogP contribution in [0.2, 0.25) is 0 Å². The van der Waals surface area contributed by atoms with Gasteiger partial charge in [0.05, 0.1) is 0 Å². The van der Waals surface area contributed by atoms with Gasteiger partial charge in [-0.1, -0.05) is 13.3 Å². The van der Waals surface area contributed by atoms with Gasteiger partial charge >= 0.3 is 0 Å². The summed E-state index contributed by atoms with van der Waals surface area (Å²) in [6.45, 7) is 5.46. The lowest BCUT2D eigenvalue weighted by molar-refractivity contribution is 0.423. The predicted molar refractivity (Wildman–Crippen MR) is 69.7 cm³/mol. The molecule has 2 aliphatic carbocycles. The smallest absolute Gasteiger partial charge is 0.0372 e. The highest BCUT2D eigenvalue weighted by Gasteiger charge is 2.56. The Morgan fingerprint density at radius 1 is 1.41 bits per heavy atom. The molecule has 0 radical (unpaired) electrons. The van der Waals surface area contributed by atoms with E-state index in [9.17, 15) is 0 Å². The average Bonchev–Trinajstić information content (AvgIpc) is 2.81. The molecule has 2 fully saturated rings. The van der Waals surface area contributed by atoms with Gasteiger partial charge in [-0.3, -0.25) is 4.98 Å². The molecule has 1 N–H and O–H groups in total. The van der Waals surface area contributed by atoms with Gasteiger partial charge in [0.2, 0.25) is 0 Å². The van der Waals surface area contributed by atoms with Gasteiger partial charge < -0.3 is 5.32 Å². The van der Waals surface area contributed by atoms with Crippen LogP contribution in [-0.2, 0) is 0 Å². The third kappa shape index (κ3) is 1.89. The van der Waals surface area contributed by atoms with Crippen molar-refractivity contribution in [1.29, 1.82) is 0 Å². The molecule has 0 aliphatic heterocycles. The summed E-state index contributed by atoms with van der Waals surface area (Å²) < 4.78 is 0. The molecule has 3 unspecified atom stereocenters. The first-order chi connectivity index (χ1) is 8.33. The molecule has 2 saturated carbocycles. The molecule has 1 aromatic rings. The molecule has 0 amide bonds. The number of fused-ring (bicyclic) bond motifs is 1. The first-order valence-electron chi connectivity index (χ1n) is 6.96. The van der Waals surface area contributed by atoms with Crippen molar-refractivity contribution in [1.82, 2.24) is 10.3 Å². The molecule has 2 aliphatic rings. The lowest BCUT2D eigenvalue weighted by Gasteiger charge is -2.21. The highest BCUT2D eigenvalue weighted by molar-refractivity contribution is 5.28. The number of hydrogen-bond acceptors (Lipinski definition) is 2. The molecule has 2 nitrogen and oxygen atoms in total. The summed E-state index contributed by atoms with van der Waals surface area (Å²) in [6, 6.07) is 2.68. The molecule has 0 saturated heterocycles. The minimum absolute atomic E-state index is 0.545. The first kappa shape index (κ1) is 11.2. The van der Waals surface area contributed by atoms with Crippen LogP contribution in [0.5, 0.6) is 0 Å². The van der Waals surface area contributed by atoms with E-state index < -0.39 is 0 Å². The predicted octanol–water partition coefficient (Wildman–Crippen LogP) is 3.09. The maximum Gasteiger partial charge on any atom is 0.0372 e. The molecular weight excluding hydrogens is 208 g/mol. The van der Waals surface area contributed by atoms with E-state index in [4.69, 9.17) is 0 Å². The molecular formula is C15H22N2. The van der Waals surface area contributed by atoms with E-state index in [0.29, 0.717) is 6.04 Å². The highest BCUT2D eigenvalue weighted by Crippen LogP contribution is 2.62. The van der Waals surface area contributed by atoms with E-state index >= 15 is 0 Å². The van der Waals surface area contributed by atoms with Crippen LogP contribution in [-0.4, -0.2) is 11.5 Å². The molecule has 92 valence electrons. The molecule has 0 aromatic carbocycles. The van der Waals surface area contributed by atoms with Crippen LogP contribution in [0.15, 0.2) is 18.5 Å². The summed E-state index contributed by atoms with van der Waals surface area (Å²) in [6.07, 6.45) is 8.33. The normalized spacial score (nSPS) is 32.2. The second kappa shape index (κ2) is 4.41. The molecule has 0 bridgehead atoms. The van der Waals surface area contributed by atoms with Crippen LogP contribution < -0.4 is 5.32 Å². The zero-order chi connectivity index (χ0) is 11.8. The molecule has 1 aromatic heterocycles. The number of pyridine rings is 1. The second-order valence-corrected chi connectivity index (χ2v) is 5.60. The Kier molecular flexibility index (Phi) is 2.91. The van der Waals surface area contributed by atoms with Crippen LogP contribution in [0, 0.1) is 24.7 Å². The van der Waals surface area contributed by atoms with Crippen LogP contribution in [0.3, 0.4) is 0 Å². The van der Waals surface area contributed by atoms with Crippen molar-refractivity contribution in [3.63, 3.8) is 0 Å². The molecule has 3 rings (SSSR count). The summed E-state index contributed by atoms with van der Waals surface area (Å²) in [7, 11) is 0. The molecule has 2 heteroatoms. The van der Waals surface area contributed by atoms with Gasteiger partial charge in [0.25, 0.3) is 0 Å². The summed E-state index contributed by atoms with van der Waals surface area (Å²) in [5.74, 6) is 2.88. The van der Waals surface area contributed by atoms with Crippen molar-refractivity contribution in [2.75, 3.05) is 6.54 Å². The van der Waals surface area contributed by atoms with E-state index in [0.717, 1.165) is 24.3 Å². The fourth-order valence-corrected chi connectivity index (χ4v) is 3.85. The molecule has 3 atom stereocenters. The van der Waals surface area contributed by atoms with Crippen LogP contribution in [0.4, 0.5) is 0 Å². The Morgan fingerprint density at radius 3 is 2.82 bits per heavy atom. The highest BCUT2D eigenvalue weighted by atomic mass is 14.9. The van der Waals surface area contributed by atoms with Crippen molar-refractivity contribution in [3.8, 4) is 0 Å². The van der Waals surface area contributed by atoms with Crippen molar-refractivity contribution >= 4 is 0 Å². The lowest BCUT2D eigenvalue weighted by Crippen LogP contribution is -2.25. The number of nitrogens with zero attached hydrogens (tertiary/aromatic N) is 1. The number of rotatable bonds is 4. The van der Waals surface area contributed by atoms with Crippen LogP contribution in [0.25, 0.3) is 0 Å². The Bertz CT molecular complexity index is 392. The minimum Gasteiger partial charge on any atom is -0.310 e. The monoisotopic (exact) mass is 230 g/mol. The molecule has 17 heavy (non-hydrogen) atoms. The Hall–Kier alpha value is -0.890. The summed E-state index contributed by atoms with van der Waals surface area (Å²) >= 11 is 0. The van der Waals surface area contributed by atoms with E-state index in [2.05, 4.69) is 36.4 Å². The first-order valence-corrected chi connectivity index (χ1v) is 6.96. The van der Waals surface area contributed by atoms with E-state index in [1.165, 1.54) is 30.4 Å². The maximum absolute atomic E-state index is 4.31. The molecule has 1 heterocycles. The van der Waals surface area contributed by atoms with E-state index in [-0.39, 0.29) is 0 Å². The maximum atomic E-state index is 4.31. The van der Waals surface area contributed by atoms with Crippen molar-refractivity contribution < 1.29 is 0 Å². The lowest BCUT2D eigenvalue weighted by atomic mass is 9.95. The summed E-state index contributed by atoms with van der Waals surface area (Å²) in [5, 5.41) is 3.69. The Morgan fingerprint density at radius 2 is 2.18 bits per heavy atom. The van der Waals surface area contributed by atoms with Gasteiger partial charge in [0.15, 0.2) is 0 Å². The molecule has 0 spiro atoms. The zero-order valence-electron chi connectivity index (χ0n) is 10.8. The van der Waals surface area contributed by atoms with Gasteiger partial charge in [-0.15, -0.1) is 0 Å². The Balaban J connectivity index is 1.83. The van der Waals surface area contributed by atoms with E-state index in [1.54, 1.807) is 0 Å². The van der Waals surface area contributed by atoms with Crippen LogP contribution in [0.1, 0.15) is 43.4 Å². The number of hydrogen-bond donors (Lipinski definition) is 1. The standard InChI is InChI=1S/C15H22N2/c1-3-17-15(13-9-16-8-7-10(13)2)14-11-5-4-6-12(11)14/h7-9,11-12,14-15,17H,3-6H2,1-2H3. The number of aromatic nitrogens is 1. The third-order valence-corrected chi connectivity index (χ3v) is 4.70. The van der Waals surface area contributed by atoms with Crippen molar-refractivity contribution in [2.24, 2.45) is 17.8 Å². The van der Waals surface area contributed by atoms with Gasteiger partial charge in [-0.2, -0.15) is 0 Å².